The number of pyridine rings is 2. The smallest absolute Gasteiger partial charge is 0.227 e. The molecule has 0 amide bonds. The first-order valence-electron chi connectivity index (χ1n) is 15.2. The summed E-state index contributed by atoms with van der Waals surface area (Å²) in [5.41, 5.74) is 9.15. The summed E-state index contributed by atoms with van der Waals surface area (Å²) in [6, 6.07) is 46.5. The number of fused-ring (bicyclic) bond motifs is 9. The van der Waals surface area contributed by atoms with Crippen LogP contribution in [0.1, 0.15) is 0 Å². The molecule has 0 saturated heterocycles. The van der Waals surface area contributed by atoms with Crippen molar-refractivity contribution in [3.8, 4) is 5.69 Å². The number of aromatic nitrogens is 3. The monoisotopic (exact) mass is 592 g/mol. The predicted molar refractivity (Wildman–Crippen MR) is 186 cm³/mol. The Morgan fingerprint density at radius 2 is 0.957 bits per heavy atom. The SMILES string of the molecule is c1cc(N(c2ccc3c(c2)oc2ncccc23)c2ccc3c(c2)oc2ncccc23)cc(-n2c3ccccc3c3ccccc32)c1. The maximum absolute atomic E-state index is 6.24. The number of benzene rings is 5. The number of nitrogens with zero attached hydrogens (tertiary/aromatic N) is 4. The van der Waals surface area contributed by atoms with Crippen molar-refractivity contribution in [3.63, 3.8) is 0 Å². The van der Waals surface area contributed by atoms with E-state index in [1.54, 1.807) is 12.4 Å². The van der Waals surface area contributed by atoms with Gasteiger partial charge in [0.05, 0.1) is 11.0 Å². The molecule has 216 valence electrons. The lowest BCUT2D eigenvalue weighted by atomic mass is 10.1. The van der Waals surface area contributed by atoms with Gasteiger partial charge in [0.25, 0.3) is 0 Å². The molecule has 0 aliphatic rings. The summed E-state index contributed by atoms with van der Waals surface area (Å²) in [7, 11) is 0. The molecule has 46 heavy (non-hydrogen) atoms. The Morgan fingerprint density at radius 3 is 1.54 bits per heavy atom. The molecule has 5 aromatic carbocycles. The van der Waals surface area contributed by atoms with Gasteiger partial charge in [-0.25, -0.2) is 9.97 Å². The zero-order valence-corrected chi connectivity index (χ0v) is 24.5. The van der Waals surface area contributed by atoms with E-state index in [1.807, 2.05) is 24.3 Å². The van der Waals surface area contributed by atoms with E-state index in [0.717, 1.165) is 55.5 Å². The predicted octanol–water partition coefficient (Wildman–Crippen LogP) is 10.8. The average Bonchev–Trinajstić information content (AvgIpc) is 3.77. The van der Waals surface area contributed by atoms with Gasteiger partial charge in [-0.3, -0.25) is 0 Å². The highest BCUT2D eigenvalue weighted by molar-refractivity contribution is 6.10. The minimum Gasteiger partial charge on any atom is -0.438 e. The summed E-state index contributed by atoms with van der Waals surface area (Å²) in [6.45, 7) is 0. The molecule has 0 radical (unpaired) electrons. The van der Waals surface area contributed by atoms with E-state index in [4.69, 9.17) is 8.83 Å². The summed E-state index contributed by atoms with van der Waals surface area (Å²) >= 11 is 0. The van der Waals surface area contributed by atoms with Crippen molar-refractivity contribution in [2.45, 2.75) is 0 Å². The second-order valence-corrected chi connectivity index (χ2v) is 11.5. The van der Waals surface area contributed by atoms with Crippen LogP contribution < -0.4 is 4.90 Å². The third kappa shape index (κ3) is 3.64. The van der Waals surface area contributed by atoms with Crippen molar-refractivity contribution in [1.29, 1.82) is 0 Å². The van der Waals surface area contributed by atoms with Gasteiger partial charge in [0.1, 0.15) is 11.2 Å². The molecule has 5 aromatic heterocycles. The van der Waals surface area contributed by atoms with E-state index < -0.39 is 0 Å². The Kier molecular flexibility index (Phi) is 5.19. The fourth-order valence-corrected chi connectivity index (χ4v) is 6.90. The van der Waals surface area contributed by atoms with Gasteiger partial charge < -0.3 is 18.3 Å². The Morgan fingerprint density at radius 1 is 0.435 bits per heavy atom. The fraction of sp³-hybridized carbons (Fsp3) is 0. The van der Waals surface area contributed by atoms with Crippen LogP contribution in [0.15, 0.2) is 155 Å². The van der Waals surface area contributed by atoms with E-state index >= 15 is 0 Å². The summed E-state index contributed by atoms with van der Waals surface area (Å²) in [4.78, 5) is 11.2. The van der Waals surface area contributed by atoms with Gasteiger partial charge >= 0.3 is 0 Å². The van der Waals surface area contributed by atoms with Crippen LogP contribution in [0, 0.1) is 0 Å². The zero-order valence-electron chi connectivity index (χ0n) is 24.5. The maximum atomic E-state index is 6.24. The summed E-state index contributed by atoms with van der Waals surface area (Å²) in [6.07, 6.45) is 3.52. The van der Waals surface area contributed by atoms with Gasteiger partial charge in [-0.2, -0.15) is 0 Å². The highest BCUT2D eigenvalue weighted by Gasteiger charge is 2.19. The summed E-state index contributed by atoms with van der Waals surface area (Å²) in [5, 5.41) is 6.52. The van der Waals surface area contributed by atoms with Crippen molar-refractivity contribution in [2.24, 2.45) is 0 Å². The Bertz CT molecular complexity index is 2620. The normalized spacial score (nSPS) is 11.9. The van der Waals surface area contributed by atoms with Crippen molar-refractivity contribution >= 4 is 83.0 Å². The molecule has 0 saturated carbocycles. The number of furan rings is 2. The van der Waals surface area contributed by atoms with E-state index in [-0.39, 0.29) is 0 Å². The molecule has 0 aliphatic carbocycles. The first-order valence-corrected chi connectivity index (χ1v) is 15.2. The number of anilines is 3. The molecular weight excluding hydrogens is 568 g/mol. The molecule has 0 unspecified atom stereocenters. The lowest BCUT2D eigenvalue weighted by Crippen LogP contribution is -2.10. The number of hydrogen-bond donors (Lipinski definition) is 0. The van der Waals surface area contributed by atoms with Gasteiger partial charge in [0.15, 0.2) is 0 Å². The van der Waals surface area contributed by atoms with Crippen LogP contribution in [0.25, 0.3) is 71.6 Å². The molecule has 5 heterocycles. The van der Waals surface area contributed by atoms with Gasteiger partial charge in [-0.15, -0.1) is 0 Å². The highest BCUT2D eigenvalue weighted by Crippen LogP contribution is 2.41. The molecule has 0 aliphatic heterocycles. The van der Waals surface area contributed by atoms with Crippen molar-refractivity contribution < 1.29 is 8.83 Å². The Hall–Kier alpha value is -6.40. The zero-order chi connectivity index (χ0) is 30.2. The van der Waals surface area contributed by atoms with Crippen LogP contribution in [0.2, 0.25) is 0 Å². The second-order valence-electron chi connectivity index (χ2n) is 11.5. The van der Waals surface area contributed by atoms with Gasteiger partial charge in [-0.1, -0.05) is 42.5 Å². The van der Waals surface area contributed by atoms with Crippen LogP contribution in [0.3, 0.4) is 0 Å². The molecule has 6 heteroatoms. The minimum absolute atomic E-state index is 0.630. The first kappa shape index (κ1) is 25.0. The second kappa shape index (κ2) is 9.55. The van der Waals surface area contributed by atoms with Crippen LogP contribution in [-0.4, -0.2) is 14.5 Å². The molecular formula is C40H24N4O2. The molecule has 0 bridgehead atoms. The van der Waals surface area contributed by atoms with Crippen molar-refractivity contribution in [2.75, 3.05) is 4.90 Å². The number of hydrogen-bond acceptors (Lipinski definition) is 5. The molecule has 0 spiro atoms. The van der Waals surface area contributed by atoms with E-state index in [2.05, 4.69) is 129 Å². The lowest BCUT2D eigenvalue weighted by Gasteiger charge is -2.26. The standard InChI is InChI=1S/C40H24N4O2/c1-3-14-35-29(10-1)30-11-2-4-15-36(30)44(35)26-9-5-8-25(22-26)43(27-16-18-31-33-12-6-20-41-39(33)45-37(31)23-27)28-17-19-32-34-13-7-21-42-40(34)46-38(32)24-28/h1-24H. The van der Waals surface area contributed by atoms with Crippen LogP contribution >= 0.6 is 0 Å². The molecule has 10 aromatic rings. The third-order valence-electron chi connectivity index (χ3n) is 8.91. The van der Waals surface area contributed by atoms with Crippen LogP contribution in [0.4, 0.5) is 17.1 Å². The number of rotatable bonds is 4. The molecule has 0 fully saturated rings. The van der Waals surface area contributed by atoms with Crippen LogP contribution in [0.5, 0.6) is 0 Å². The molecule has 10 rings (SSSR count). The minimum atomic E-state index is 0.630. The Labute approximate surface area is 262 Å². The summed E-state index contributed by atoms with van der Waals surface area (Å²) < 4.78 is 14.8. The topological polar surface area (TPSA) is 60.2 Å². The number of para-hydroxylation sites is 2. The quantitative estimate of drug-likeness (QED) is 0.203. The summed E-state index contributed by atoms with van der Waals surface area (Å²) in [5.74, 6) is 0. The fourth-order valence-electron chi connectivity index (χ4n) is 6.90. The largest absolute Gasteiger partial charge is 0.438 e. The Balaban J connectivity index is 1.21. The lowest BCUT2D eigenvalue weighted by molar-refractivity contribution is 0.654. The molecule has 0 N–H and O–H groups in total. The molecule has 6 nitrogen and oxygen atoms in total. The van der Waals surface area contributed by atoms with Gasteiger partial charge in [0.2, 0.25) is 11.4 Å². The van der Waals surface area contributed by atoms with E-state index in [1.165, 1.54) is 21.8 Å². The molecule has 0 atom stereocenters. The van der Waals surface area contributed by atoms with Crippen molar-refractivity contribution in [3.05, 3.63) is 146 Å². The van der Waals surface area contributed by atoms with Gasteiger partial charge in [-0.05, 0) is 78.9 Å². The average molecular weight is 593 g/mol. The third-order valence-corrected chi connectivity index (χ3v) is 8.91. The highest BCUT2D eigenvalue weighted by atomic mass is 16.3. The van der Waals surface area contributed by atoms with Crippen molar-refractivity contribution in [1.82, 2.24) is 14.5 Å². The van der Waals surface area contributed by atoms with E-state index in [9.17, 15) is 0 Å². The van der Waals surface area contributed by atoms with E-state index in [0.29, 0.717) is 11.4 Å². The first-order chi connectivity index (χ1) is 22.8. The van der Waals surface area contributed by atoms with Crippen LogP contribution in [-0.2, 0) is 0 Å². The maximum Gasteiger partial charge on any atom is 0.227 e. The van der Waals surface area contributed by atoms with Gasteiger partial charge in [0, 0.05) is 79.6 Å².